The van der Waals surface area contributed by atoms with Gasteiger partial charge >= 0.3 is 5.97 Å². The molecular formula is C31H32N4O3. The predicted molar refractivity (Wildman–Crippen MR) is 150 cm³/mol. The zero-order chi connectivity index (χ0) is 26.2. The van der Waals surface area contributed by atoms with Gasteiger partial charge in [-0.3, -0.25) is 4.68 Å². The number of carboxylic acids is 1. The molecule has 0 saturated heterocycles. The van der Waals surface area contributed by atoms with Crippen molar-refractivity contribution in [3.05, 3.63) is 83.3 Å². The lowest BCUT2D eigenvalue weighted by molar-refractivity contribution is 0.0684. The number of rotatable bonds is 6. The summed E-state index contributed by atoms with van der Waals surface area (Å²) < 4.78 is 10.2. The molecular weight excluding hydrogens is 476 g/mol. The molecule has 7 nitrogen and oxygen atoms in total. The topological polar surface area (TPSA) is 81.3 Å². The molecule has 0 spiro atoms. The molecule has 0 atom stereocenters. The van der Waals surface area contributed by atoms with Crippen molar-refractivity contribution in [1.82, 2.24) is 19.7 Å². The van der Waals surface area contributed by atoms with Crippen LogP contribution in [0.15, 0.2) is 60.7 Å². The predicted octanol–water partition coefficient (Wildman–Crippen LogP) is 5.71. The number of nitrogens with zero attached hydrogens (tertiary/aromatic N) is 3. The van der Waals surface area contributed by atoms with Crippen LogP contribution < -0.4 is 10.1 Å². The van der Waals surface area contributed by atoms with Crippen LogP contribution in [0.5, 0.6) is 5.75 Å². The minimum atomic E-state index is -0.884. The number of carbonyl (C=O) groups is 1. The Labute approximate surface area is 221 Å². The molecule has 6 rings (SSSR count). The van der Waals surface area contributed by atoms with Gasteiger partial charge in [-0.15, -0.1) is 0 Å². The van der Waals surface area contributed by atoms with Crippen LogP contribution in [-0.4, -0.2) is 38.6 Å². The van der Waals surface area contributed by atoms with Gasteiger partial charge in [0.25, 0.3) is 0 Å². The van der Waals surface area contributed by atoms with Crippen LogP contribution in [0.1, 0.15) is 40.3 Å². The van der Waals surface area contributed by atoms with E-state index in [9.17, 15) is 9.90 Å². The molecule has 0 bridgehead atoms. The third-order valence-electron chi connectivity index (χ3n) is 7.61. The number of aromatic carboxylic acids is 1. The van der Waals surface area contributed by atoms with Crippen molar-refractivity contribution in [2.24, 2.45) is 7.05 Å². The van der Waals surface area contributed by atoms with E-state index in [4.69, 9.17) is 9.84 Å². The van der Waals surface area contributed by atoms with E-state index >= 15 is 0 Å². The minimum absolute atomic E-state index is 0.390. The van der Waals surface area contributed by atoms with E-state index in [0.717, 1.165) is 75.0 Å². The number of aryl methyl sites for hydroxylation is 4. The summed E-state index contributed by atoms with van der Waals surface area (Å²) in [6.07, 6.45) is 2.18. The van der Waals surface area contributed by atoms with E-state index in [1.807, 2.05) is 53.6 Å². The van der Waals surface area contributed by atoms with Crippen molar-refractivity contribution in [2.75, 3.05) is 13.2 Å². The maximum atomic E-state index is 12.7. The summed E-state index contributed by atoms with van der Waals surface area (Å²) in [6.45, 7) is 4.71. The van der Waals surface area contributed by atoms with E-state index in [-0.39, 0.29) is 0 Å². The summed E-state index contributed by atoms with van der Waals surface area (Å²) in [4.78, 5) is 12.7. The van der Waals surface area contributed by atoms with Gasteiger partial charge < -0.3 is 19.7 Å². The highest BCUT2D eigenvalue weighted by Gasteiger charge is 2.27. The van der Waals surface area contributed by atoms with Gasteiger partial charge in [-0.05, 0) is 49.7 Å². The molecule has 2 aromatic heterocycles. The Bertz CT molecular complexity index is 1660. The van der Waals surface area contributed by atoms with Crippen LogP contribution in [0.2, 0.25) is 0 Å². The molecule has 0 saturated carbocycles. The minimum Gasteiger partial charge on any atom is -0.493 e. The van der Waals surface area contributed by atoms with Gasteiger partial charge in [0.2, 0.25) is 0 Å². The molecule has 0 aliphatic carbocycles. The van der Waals surface area contributed by atoms with Crippen molar-refractivity contribution in [2.45, 2.75) is 39.3 Å². The summed E-state index contributed by atoms with van der Waals surface area (Å²) in [5.41, 5.74) is 6.47. The summed E-state index contributed by atoms with van der Waals surface area (Å²) in [5, 5.41) is 21.9. The summed E-state index contributed by atoms with van der Waals surface area (Å²) >= 11 is 0. The highest BCUT2D eigenvalue weighted by molar-refractivity contribution is 6.04. The fourth-order valence-electron chi connectivity index (χ4n) is 5.98. The summed E-state index contributed by atoms with van der Waals surface area (Å²) in [7, 11) is 1.97. The van der Waals surface area contributed by atoms with E-state index in [2.05, 4.69) is 35.6 Å². The second-order valence-corrected chi connectivity index (χ2v) is 9.98. The molecule has 7 heteroatoms. The molecule has 194 valence electrons. The summed E-state index contributed by atoms with van der Waals surface area (Å²) in [5.74, 6) is -0.0259. The maximum Gasteiger partial charge on any atom is 0.352 e. The normalized spacial score (nSPS) is 13.5. The van der Waals surface area contributed by atoms with Crippen molar-refractivity contribution < 1.29 is 14.6 Å². The van der Waals surface area contributed by atoms with Crippen LogP contribution >= 0.6 is 0 Å². The molecule has 38 heavy (non-hydrogen) atoms. The number of carboxylic acid groups (broad SMARTS) is 1. The molecule has 3 heterocycles. The first-order chi connectivity index (χ1) is 18.5. The highest BCUT2D eigenvalue weighted by atomic mass is 16.5. The van der Waals surface area contributed by atoms with E-state index in [1.54, 1.807) is 0 Å². The van der Waals surface area contributed by atoms with Crippen molar-refractivity contribution >= 4 is 27.6 Å². The molecule has 1 aliphatic heterocycles. The lowest BCUT2D eigenvalue weighted by atomic mass is 9.98. The number of benzene rings is 3. The molecule has 0 unspecified atom stereocenters. The zero-order valence-corrected chi connectivity index (χ0v) is 21.8. The van der Waals surface area contributed by atoms with Crippen LogP contribution in [0.4, 0.5) is 0 Å². The van der Waals surface area contributed by atoms with Gasteiger partial charge in [-0.2, -0.15) is 5.10 Å². The number of hydrogen-bond acceptors (Lipinski definition) is 4. The molecule has 2 N–H and O–H groups in total. The number of para-hydroxylation sites is 1. The second kappa shape index (κ2) is 9.99. The Hall–Kier alpha value is -4.10. The van der Waals surface area contributed by atoms with E-state index in [1.165, 1.54) is 0 Å². The van der Waals surface area contributed by atoms with Gasteiger partial charge in [0.1, 0.15) is 11.4 Å². The SMILES string of the molecule is Cc1nn(C)c2c1-c1cccc3c(CCCOc4cccc5ccccc45)c(C(=O)O)n(c13)CCCNC2. The van der Waals surface area contributed by atoms with E-state index < -0.39 is 5.97 Å². The largest absolute Gasteiger partial charge is 0.493 e. The lowest BCUT2D eigenvalue weighted by Gasteiger charge is -2.16. The van der Waals surface area contributed by atoms with Crippen LogP contribution in [0, 0.1) is 6.92 Å². The third-order valence-corrected chi connectivity index (χ3v) is 7.61. The fraction of sp³-hybridized carbons (Fsp3) is 0.290. The van der Waals surface area contributed by atoms with Crippen LogP contribution in [0.25, 0.3) is 32.8 Å². The quantitative estimate of drug-likeness (QED) is 0.287. The first-order valence-corrected chi connectivity index (χ1v) is 13.3. The number of nitrogens with one attached hydrogen (secondary N) is 1. The molecule has 0 amide bonds. The van der Waals surface area contributed by atoms with Gasteiger partial charge in [0, 0.05) is 42.0 Å². The van der Waals surface area contributed by atoms with E-state index in [0.29, 0.717) is 31.7 Å². The van der Waals surface area contributed by atoms with Crippen molar-refractivity contribution in [3.63, 3.8) is 0 Å². The average molecular weight is 509 g/mol. The Morgan fingerprint density at radius 3 is 2.74 bits per heavy atom. The molecule has 5 aromatic rings. The fourth-order valence-corrected chi connectivity index (χ4v) is 5.98. The summed E-state index contributed by atoms with van der Waals surface area (Å²) in [6, 6.07) is 20.5. The standard InChI is InChI=1S/C31H32N4O3/c1-20-28-25-13-6-12-23-24(14-7-18-38-27-15-5-10-21-9-3-4-11-22(21)27)30(31(36)37)35(29(23)25)17-8-16-32-19-26(28)34(2)33-20/h3-6,9-13,15,32H,7-8,14,16-19H2,1-2H3,(H,36,37). The monoisotopic (exact) mass is 508 g/mol. The Morgan fingerprint density at radius 2 is 1.87 bits per heavy atom. The molecule has 1 aliphatic rings. The maximum absolute atomic E-state index is 12.7. The van der Waals surface area contributed by atoms with Gasteiger partial charge in [0.15, 0.2) is 0 Å². The second-order valence-electron chi connectivity index (χ2n) is 9.98. The Balaban J connectivity index is 1.39. The molecule has 0 radical (unpaired) electrons. The molecule has 3 aromatic carbocycles. The third kappa shape index (κ3) is 4.13. The Morgan fingerprint density at radius 1 is 1.08 bits per heavy atom. The lowest BCUT2D eigenvalue weighted by Crippen LogP contribution is -2.21. The number of fused-ring (bicyclic) bond motifs is 3. The number of hydrogen-bond donors (Lipinski definition) is 2. The number of aromatic nitrogens is 3. The highest BCUT2D eigenvalue weighted by Crippen LogP contribution is 2.38. The smallest absolute Gasteiger partial charge is 0.352 e. The zero-order valence-electron chi connectivity index (χ0n) is 21.8. The van der Waals surface area contributed by atoms with Crippen LogP contribution in [-0.2, 0) is 26.6 Å². The number of ether oxygens (including phenoxy) is 1. The van der Waals surface area contributed by atoms with Gasteiger partial charge in [-0.1, -0.05) is 54.6 Å². The molecule has 0 fully saturated rings. The van der Waals surface area contributed by atoms with Crippen molar-refractivity contribution in [3.8, 4) is 16.9 Å². The average Bonchev–Trinajstić information content (AvgIpc) is 3.39. The first kappa shape index (κ1) is 24.2. The van der Waals surface area contributed by atoms with Gasteiger partial charge in [0.05, 0.1) is 23.5 Å². The first-order valence-electron chi connectivity index (χ1n) is 13.3. The Kier molecular flexibility index (Phi) is 6.37. The van der Waals surface area contributed by atoms with Crippen LogP contribution in [0.3, 0.4) is 0 Å². The van der Waals surface area contributed by atoms with Gasteiger partial charge in [-0.25, -0.2) is 4.79 Å². The van der Waals surface area contributed by atoms with Crippen molar-refractivity contribution in [1.29, 1.82) is 0 Å².